The number of hydrogen-bond donors (Lipinski definition) is 0. The van der Waals surface area contributed by atoms with Gasteiger partial charge in [-0.2, -0.15) is 4.31 Å². The van der Waals surface area contributed by atoms with Crippen molar-refractivity contribution in [3.05, 3.63) is 94.3 Å². The van der Waals surface area contributed by atoms with Gasteiger partial charge in [0, 0.05) is 23.7 Å². The summed E-state index contributed by atoms with van der Waals surface area (Å²) in [6, 6.07) is 17.9. The maximum atomic E-state index is 13.2. The van der Waals surface area contributed by atoms with Gasteiger partial charge in [-0.1, -0.05) is 35.9 Å². The van der Waals surface area contributed by atoms with E-state index in [-0.39, 0.29) is 24.6 Å². The van der Waals surface area contributed by atoms with Gasteiger partial charge in [0.05, 0.1) is 18.1 Å². The molecule has 5 nitrogen and oxygen atoms in total. The number of nitrogens with zero attached hydrogens (tertiary/aromatic N) is 1. The van der Waals surface area contributed by atoms with Crippen LogP contribution >= 0.6 is 11.6 Å². The summed E-state index contributed by atoms with van der Waals surface area (Å²) in [5.74, 6) is 0.164. The van der Waals surface area contributed by atoms with Crippen LogP contribution in [-0.4, -0.2) is 25.9 Å². The largest absolute Gasteiger partial charge is 0.492 e. The SMILES string of the molecule is O=S(=O)(c1ccc(F)cc1)N1CCOc2ccc(COCc3ccccc3Cl)cc2C1. The highest BCUT2D eigenvalue weighted by Crippen LogP contribution is 2.28. The second kappa shape index (κ2) is 9.36. The van der Waals surface area contributed by atoms with Crippen LogP contribution in [0.5, 0.6) is 5.75 Å². The molecule has 0 radical (unpaired) electrons. The van der Waals surface area contributed by atoms with Crippen LogP contribution < -0.4 is 4.74 Å². The van der Waals surface area contributed by atoms with Gasteiger partial charge in [0.1, 0.15) is 18.2 Å². The van der Waals surface area contributed by atoms with Crippen LogP contribution in [0.4, 0.5) is 4.39 Å². The standard InChI is InChI=1S/C23H21ClFNO4S/c24-22-4-2-1-3-18(22)16-29-15-17-5-10-23-19(13-17)14-26(11-12-30-23)31(27,28)21-8-6-20(25)7-9-21/h1-10,13H,11-12,14-16H2. The van der Waals surface area contributed by atoms with Crippen molar-refractivity contribution in [3.8, 4) is 5.75 Å². The van der Waals surface area contributed by atoms with Crippen molar-refractivity contribution in [2.45, 2.75) is 24.7 Å². The van der Waals surface area contributed by atoms with E-state index in [9.17, 15) is 12.8 Å². The molecule has 0 spiro atoms. The molecule has 3 aromatic rings. The van der Waals surface area contributed by atoms with Crippen LogP contribution in [0.3, 0.4) is 0 Å². The van der Waals surface area contributed by atoms with Crippen molar-refractivity contribution in [2.75, 3.05) is 13.2 Å². The summed E-state index contributed by atoms with van der Waals surface area (Å²) in [5.41, 5.74) is 2.55. The normalized spacial score (nSPS) is 14.5. The van der Waals surface area contributed by atoms with Gasteiger partial charge < -0.3 is 9.47 Å². The highest BCUT2D eigenvalue weighted by atomic mass is 35.5. The molecule has 162 valence electrons. The maximum absolute atomic E-state index is 13.2. The number of hydrogen-bond acceptors (Lipinski definition) is 4. The van der Waals surface area contributed by atoms with Crippen molar-refractivity contribution in [2.24, 2.45) is 0 Å². The first-order chi connectivity index (χ1) is 14.9. The maximum Gasteiger partial charge on any atom is 0.243 e. The predicted octanol–water partition coefficient (Wildman–Crippen LogP) is 4.78. The number of benzene rings is 3. The summed E-state index contributed by atoms with van der Waals surface area (Å²) in [5, 5.41) is 0.652. The van der Waals surface area contributed by atoms with E-state index < -0.39 is 15.8 Å². The molecule has 1 aliphatic heterocycles. The predicted molar refractivity (Wildman–Crippen MR) is 116 cm³/mol. The van der Waals surface area contributed by atoms with E-state index in [1.165, 1.54) is 16.4 Å². The van der Waals surface area contributed by atoms with Crippen LogP contribution in [0.2, 0.25) is 5.02 Å². The fourth-order valence-corrected chi connectivity index (χ4v) is 4.96. The summed E-state index contributed by atoms with van der Waals surface area (Å²) in [7, 11) is -3.77. The second-order valence-corrected chi connectivity index (χ2v) is 9.51. The van der Waals surface area contributed by atoms with Gasteiger partial charge in [-0.15, -0.1) is 0 Å². The lowest BCUT2D eigenvalue weighted by molar-refractivity contribution is 0.107. The minimum atomic E-state index is -3.77. The monoisotopic (exact) mass is 461 g/mol. The third-order valence-corrected chi connectivity index (χ3v) is 7.23. The van der Waals surface area contributed by atoms with Crippen LogP contribution in [0.15, 0.2) is 71.6 Å². The van der Waals surface area contributed by atoms with Crippen molar-refractivity contribution in [1.82, 2.24) is 4.31 Å². The molecular formula is C23H21ClFNO4S. The highest BCUT2D eigenvalue weighted by Gasteiger charge is 2.27. The van der Waals surface area contributed by atoms with Crippen LogP contribution in [0.25, 0.3) is 0 Å². The molecule has 4 rings (SSSR count). The van der Waals surface area contributed by atoms with Crippen molar-refractivity contribution in [1.29, 1.82) is 0 Å². The molecule has 1 aliphatic rings. The van der Waals surface area contributed by atoms with Gasteiger partial charge >= 0.3 is 0 Å². The Balaban J connectivity index is 1.49. The molecule has 0 bridgehead atoms. The zero-order chi connectivity index (χ0) is 21.8. The first-order valence-corrected chi connectivity index (χ1v) is 11.6. The van der Waals surface area contributed by atoms with Gasteiger partial charge in [-0.05, 0) is 53.6 Å². The van der Waals surface area contributed by atoms with Crippen molar-refractivity contribution < 1.29 is 22.3 Å². The first-order valence-electron chi connectivity index (χ1n) is 9.75. The van der Waals surface area contributed by atoms with E-state index in [0.717, 1.165) is 28.8 Å². The molecule has 0 amide bonds. The van der Waals surface area contributed by atoms with Crippen LogP contribution in [-0.2, 0) is 34.5 Å². The third kappa shape index (κ3) is 5.07. The fraction of sp³-hybridized carbons (Fsp3) is 0.217. The number of halogens is 2. The Morgan fingerprint density at radius 3 is 2.58 bits per heavy atom. The summed E-state index contributed by atoms with van der Waals surface area (Å²) in [6.07, 6.45) is 0. The van der Waals surface area contributed by atoms with Crippen molar-refractivity contribution in [3.63, 3.8) is 0 Å². The van der Waals surface area contributed by atoms with E-state index in [0.29, 0.717) is 24.0 Å². The Morgan fingerprint density at radius 2 is 1.81 bits per heavy atom. The molecule has 0 unspecified atom stereocenters. The smallest absolute Gasteiger partial charge is 0.243 e. The lowest BCUT2D eigenvalue weighted by Gasteiger charge is -2.19. The molecule has 0 aliphatic carbocycles. The van der Waals surface area contributed by atoms with E-state index >= 15 is 0 Å². The zero-order valence-electron chi connectivity index (χ0n) is 16.6. The van der Waals surface area contributed by atoms with Gasteiger partial charge in [0.2, 0.25) is 10.0 Å². The summed E-state index contributed by atoms with van der Waals surface area (Å²) in [6.45, 7) is 1.32. The number of fused-ring (bicyclic) bond motifs is 1. The molecule has 0 saturated carbocycles. The van der Waals surface area contributed by atoms with Crippen LogP contribution in [0, 0.1) is 5.82 Å². The highest BCUT2D eigenvalue weighted by molar-refractivity contribution is 7.89. The molecule has 0 fully saturated rings. The average Bonchev–Trinajstić information content (AvgIpc) is 2.98. The Kier molecular flexibility index (Phi) is 6.57. The van der Waals surface area contributed by atoms with E-state index in [4.69, 9.17) is 21.1 Å². The van der Waals surface area contributed by atoms with Gasteiger partial charge in [-0.25, -0.2) is 12.8 Å². The van der Waals surface area contributed by atoms with Gasteiger partial charge in [0.25, 0.3) is 0 Å². The molecule has 0 atom stereocenters. The average molecular weight is 462 g/mol. The second-order valence-electron chi connectivity index (χ2n) is 7.17. The first kappa shape index (κ1) is 21.8. The Labute approximate surface area is 186 Å². The van der Waals surface area contributed by atoms with Gasteiger partial charge in [0.15, 0.2) is 0 Å². The minimum absolute atomic E-state index is 0.0524. The van der Waals surface area contributed by atoms with Gasteiger partial charge in [-0.3, -0.25) is 0 Å². The molecule has 0 aromatic heterocycles. The molecule has 0 N–H and O–H groups in total. The van der Waals surface area contributed by atoms with Crippen LogP contribution in [0.1, 0.15) is 16.7 Å². The minimum Gasteiger partial charge on any atom is -0.492 e. The van der Waals surface area contributed by atoms with E-state index in [1.54, 1.807) is 0 Å². The molecule has 3 aromatic carbocycles. The van der Waals surface area contributed by atoms with E-state index in [1.807, 2.05) is 42.5 Å². The Bertz CT molecular complexity index is 1170. The number of ether oxygens (including phenoxy) is 2. The molecule has 1 heterocycles. The van der Waals surface area contributed by atoms with E-state index in [2.05, 4.69) is 0 Å². The topological polar surface area (TPSA) is 55.8 Å². The Hall–Kier alpha value is -2.45. The summed E-state index contributed by atoms with van der Waals surface area (Å²) in [4.78, 5) is 0.0524. The number of rotatable bonds is 6. The summed E-state index contributed by atoms with van der Waals surface area (Å²) < 4.78 is 52.1. The van der Waals surface area contributed by atoms with Crippen molar-refractivity contribution >= 4 is 21.6 Å². The zero-order valence-corrected chi connectivity index (χ0v) is 18.2. The third-order valence-electron chi connectivity index (χ3n) is 5.01. The quantitative estimate of drug-likeness (QED) is 0.530. The molecule has 31 heavy (non-hydrogen) atoms. The lowest BCUT2D eigenvalue weighted by Crippen LogP contribution is -2.32. The number of sulfonamides is 1. The Morgan fingerprint density at radius 1 is 1.03 bits per heavy atom. The molecule has 0 saturated heterocycles. The lowest BCUT2D eigenvalue weighted by atomic mass is 10.1. The molecular weight excluding hydrogens is 441 g/mol. The summed E-state index contributed by atoms with van der Waals surface area (Å²) >= 11 is 6.16. The molecule has 8 heteroatoms. The fourth-order valence-electron chi connectivity index (χ4n) is 3.37.